The van der Waals surface area contributed by atoms with Gasteiger partial charge in [-0.25, -0.2) is 12.8 Å². The lowest BCUT2D eigenvalue weighted by atomic mass is 10.00. The molecule has 10 heteroatoms. The van der Waals surface area contributed by atoms with Crippen molar-refractivity contribution in [3.8, 4) is 28.1 Å². The van der Waals surface area contributed by atoms with E-state index in [9.17, 15) is 21.6 Å². The summed E-state index contributed by atoms with van der Waals surface area (Å²) in [6, 6.07) is 13.0. The molecule has 0 aliphatic carbocycles. The Morgan fingerprint density at radius 2 is 1.63 bits per heavy atom. The molecule has 0 aliphatic rings. The third-order valence-electron chi connectivity index (χ3n) is 4.39. The van der Waals surface area contributed by atoms with Gasteiger partial charge in [0.15, 0.2) is 9.84 Å². The fourth-order valence-corrected chi connectivity index (χ4v) is 3.68. The number of nitrogens with zero attached hydrogens (tertiary/aromatic N) is 3. The molecule has 2 heterocycles. The molecule has 0 saturated carbocycles. The average molecular weight is 433 g/mol. The summed E-state index contributed by atoms with van der Waals surface area (Å²) in [6.45, 7) is -3.02. The average Bonchev–Trinajstić information content (AvgIpc) is 3.06. The summed E-state index contributed by atoms with van der Waals surface area (Å²) in [6.07, 6.45) is 2.20. The van der Waals surface area contributed by atoms with Gasteiger partial charge in [0, 0.05) is 23.4 Å². The molecule has 2 aromatic carbocycles. The summed E-state index contributed by atoms with van der Waals surface area (Å²) in [5.74, 6) is -0.579. The van der Waals surface area contributed by atoms with Crippen LogP contribution in [0.4, 0.5) is 13.2 Å². The smallest absolute Gasteiger partial charge is 0.387 e. The van der Waals surface area contributed by atoms with Crippen LogP contribution in [-0.2, 0) is 9.84 Å². The standard InChI is InChI=1S/C20H14F3N3O3S/c1-30(27,28)16-8-4-12(5-9-16)18-17-10-15(29-20(22)23)11-24-26(17)25-19(18)13-2-6-14(21)7-3-13/h2-11,20H,1H3. The summed E-state index contributed by atoms with van der Waals surface area (Å²) in [5.41, 5.74) is 2.44. The molecule has 30 heavy (non-hydrogen) atoms. The molecule has 0 bridgehead atoms. The zero-order chi connectivity index (χ0) is 21.5. The third-order valence-corrected chi connectivity index (χ3v) is 5.52. The van der Waals surface area contributed by atoms with E-state index in [1.807, 2.05) is 0 Å². The lowest BCUT2D eigenvalue weighted by molar-refractivity contribution is -0.0501. The van der Waals surface area contributed by atoms with Crippen LogP contribution in [0, 0.1) is 5.82 Å². The molecule has 0 unspecified atom stereocenters. The van der Waals surface area contributed by atoms with E-state index >= 15 is 0 Å². The third kappa shape index (κ3) is 3.86. The summed E-state index contributed by atoms with van der Waals surface area (Å²) in [7, 11) is -3.40. The molecule has 0 amide bonds. The van der Waals surface area contributed by atoms with Crippen LogP contribution in [0.25, 0.3) is 27.9 Å². The quantitative estimate of drug-likeness (QED) is 0.472. The van der Waals surface area contributed by atoms with Gasteiger partial charge in [-0.3, -0.25) is 0 Å². The van der Waals surface area contributed by atoms with Gasteiger partial charge >= 0.3 is 6.61 Å². The Hall–Kier alpha value is -3.40. The Morgan fingerprint density at radius 3 is 2.23 bits per heavy atom. The molecular formula is C20H14F3N3O3S. The second-order valence-corrected chi connectivity index (χ2v) is 8.49. The molecule has 0 fully saturated rings. The first kappa shape index (κ1) is 19.9. The Kier molecular flexibility index (Phi) is 4.94. The van der Waals surface area contributed by atoms with Crippen LogP contribution in [0.1, 0.15) is 0 Å². The van der Waals surface area contributed by atoms with Gasteiger partial charge in [-0.1, -0.05) is 12.1 Å². The largest absolute Gasteiger partial charge is 0.433 e. The number of benzene rings is 2. The Bertz CT molecular complexity index is 1320. The Morgan fingerprint density at radius 1 is 1.00 bits per heavy atom. The van der Waals surface area contributed by atoms with Crippen molar-refractivity contribution in [3.05, 3.63) is 66.6 Å². The second-order valence-electron chi connectivity index (χ2n) is 6.47. The van der Waals surface area contributed by atoms with Gasteiger partial charge in [0.05, 0.1) is 16.6 Å². The lowest BCUT2D eigenvalue weighted by Crippen LogP contribution is -2.03. The molecule has 0 N–H and O–H groups in total. The van der Waals surface area contributed by atoms with Gasteiger partial charge < -0.3 is 4.74 Å². The highest BCUT2D eigenvalue weighted by Crippen LogP contribution is 2.36. The molecule has 154 valence electrons. The van der Waals surface area contributed by atoms with Gasteiger partial charge in [0.2, 0.25) is 0 Å². The van der Waals surface area contributed by atoms with Crippen molar-refractivity contribution in [1.82, 2.24) is 14.8 Å². The van der Waals surface area contributed by atoms with E-state index in [4.69, 9.17) is 0 Å². The minimum absolute atomic E-state index is 0.130. The van der Waals surface area contributed by atoms with Gasteiger partial charge in [0.25, 0.3) is 0 Å². The predicted octanol–water partition coefficient (Wildman–Crippen LogP) is 4.21. The normalized spacial score (nSPS) is 11.9. The van der Waals surface area contributed by atoms with Crippen molar-refractivity contribution in [2.75, 3.05) is 6.26 Å². The fraction of sp³-hybridized carbons (Fsp3) is 0.100. The summed E-state index contributed by atoms with van der Waals surface area (Å²) >= 11 is 0. The van der Waals surface area contributed by atoms with Gasteiger partial charge in [-0.2, -0.15) is 18.5 Å². The number of hydrogen-bond acceptors (Lipinski definition) is 5. The topological polar surface area (TPSA) is 73.6 Å². The van der Waals surface area contributed by atoms with E-state index in [1.165, 1.54) is 47.1 Å². The van der Waals surface area contributed by atoms with E-state index in [1.54, 1.807) is 12.1 Å². The van der Waals surface area contributed by atoms with Crippen LogP contribution in [-0.4, -0.2) is 36.1 Å². The first-order valence-electron chi connectivity index (χ1n) is 8.63. The van der Waals surface area contributed by atoms with Crippen molar-refractivity contribution in [2.45, 2.75) is 11.5 Å². The molecule has 4 rings (SSSR count). The van der Waals surface area contributed by atoms with Crippen molar-refractivity contribution in [3.63, 3.8) is 0 Å². The molecule has 0 saturated heterocycles. The molecule has 0 radical (unpaired) electrons. The van der Waals surface area contributed by atoms with Crippen LogP contribution >= 0.6 is 0 Å². The summed E-state index contributed by atoms with van der Waals surface area (Å²) in [5, 5.41) is 8.42. The first-order chi connectivity index (χ1) is 14.2. The highest BCUT2D eigenvalue weighted by Gasteiger charge is 2.19. The van der Waals surface area contributed by atoms with Crippen molar-refractivity contribution in [1.29, 1.82) is 0 Å². The van der Waals surface area contributed by atoms with E-state index < -0.39 is 22.3 Å². The second kappa shape index (κ2) is 7.45. The number of alkyl halides is 2. The summed E-state index contributed by atoms with van der Waals surface area (Å²) in [4.78, 5) is 0.130. The zero-order valence-electron chi connectivity index (χ0n) is 15.5. The van der Waals surface area contributed by atoms with Crippen LogP contribution in [0.5, 0.6) is 5.75 Å². The summed E-state index contributed by atoms with van der Waals surface area (Å²) < 4.78 is 67.9. The number of aromatic nitrogens is 3. The van der Waals surface area contributed by atoms with Crippen molar-refractivity contribution < 1.29 is 26.3 Å². The minimum atomic E-state index is -3.40. The highest BCUT2D eigenvalue weighted by molar-refractivity contribution is 7.90. The first-order valence-corrected chi connectivity index (χ1v) is 10.5. The molecule has 2 aromatic heterocycles. The highest BCUT2D eigenvalue weighted by atomic mass is 32.2. The molecule has 0 spiro atoms. The fourth-order valence-electron chi connectivity index (χ4n) is 3.05. The number of hydrogen-bond donors (Lipinski definition) is 0. The zero-order valence-corrected chi connectivity index (χ0v) is 16.3. The Labute approximate surface area is 169 Å². The van der Waals surface area contributed by atoms with E-state index in [0.29, 0.717) is 27.9 Å². The number of halogens is 3. The van der Waals surface area contributed by atoms with Crippen LogP contribution < -0.4 is 4.74 Å². The maximum atomic E-state index is 13.4. The van der Waals surface area contributed by atoms with E-state index in [-0.39, 0.29) is 10.6 Å². The number of sulfone groups is 1. The van der Waals surface area contributed by atoms with E-state index in [0.717, 1.165) is 12.5 Å². The maximum Gasteiger partial charge on any atom is 0.387 e. The molecule has 0 atom stereocenters. The van der Waals surface area contributed by atoms with Crippen molar-refractivity contribution in [2.24, 2.45) is 0 Å². The monoisotopic (exact) mass is 433 g/mol. The minimum Gasteiger partial charge on any atom is -0.433 e. The number of rotatable bonds is 5. The van der Waals surface area contributed by atoms with Gasteiger partial charge in [-0.15, -0.1) is 5.10 Å². The molecular weight excluding hydrogens is 419 g/mol. The van der Waals surface area contributed by atoms with Crippen LogP contribution in [0.15, 0.2) is 65.7 Å². The van der Waals surface area contributed by atoms with E-state index in [2.05, 4.69) is 14.9 Å². The number of fused-ring (bicyclic) bond motifs is 1. The molecule has 6 nitrogen and oxygen atoms in total. The SMILES string of the molecule is CS(=O)(=O)c1ccc(-c2c(-c3ccc(F)cc3)nn3ncc(OC(F)F)cc23)cc1. The number of ether oxygens (including phenoxy) is 1. The molecule has 4 aromatic rings. The lowest BCUT2D eigenvalue weighted by Gasteiger charge is -2.07. The van der Waals surface area contributed by atoms with Gasteiger partial charge in [0.1, 0.15) is 17.3 Å². The van der Waals surface area contributed by atoms with Crippen molar-refractivity contribution >= 4 is 15.4 Å². The Balaban J connectivity index is 1.95. The predicted molar refractivity (Wildman–Crippen MR) is 104 cm³/mol. The van der Waals surface area contributed by atoms with Crippen LogP contribution in [0.2, 0.25) is 0 Å². The molecule has 0 aliphatic heterocycles. The van der Waals surface area contributed by atoms with Gasteiger partial charge in [-0.05, 0) is 42.0 Å². The maximum absolute atomic E-state index is 13.4. The van der Waals surface area contributed by atoms with Crippen LogP contribution in [0.3, 0.4) is 0 Å².